The van der Waals surface area contributed by atoms with Crippen LogP contribution in [-0.4, -0.2) is 5.54 Å². The van der Waals surface area contributed by atoms with Crippen LogP contribution >= 0.6 is 31.9 Å². The third-order valence-corrected chi connectivity index (χ3v) is 2.25. The van der Waals surface area contributed by atoms with Crippen molar-refractivity contribution < 1.29 is 4.39 Å². The van der Waals surface area contributed by atoms with Gasteiger partial charge in [0.05, 0.1) is 3.39 Å². The maximum atomic E-state index is 13.1. The van der Waals surface area contributed by atoms with Gasteiger partial charge in [-0.1, -0.05) is 0 Å². The van der Waals surface area contributed by atoms with Crippen LogP contribution in [-0.2, 0) is 0 Å². The average molecular weight is 351 g/mol. The Balaban J connectivity index is 3.13. The van der Waals surface area contributed by atoms with Gasteiger partial charge in [-0.25, -0.2) is 4.39 Å². The minimum atomic E-state index is -0.244. The summed E-state index contributed by atoms with van der Waals surface area (Å²) in [4.78, 5) is 0. The van der Waals surface area contributed by atoms with Gasteiger partial charge in [-0.05, 0) is 76.9 Å². The van der Waals surface area contributed by atoms with E-state index in [0.29, 0.717) is 0 Å². The second-order valence-electron chi connectivity index (χ2n) is 4.54. The van der Waals surface area contributed by atoms with E-state index in [2.05, 4.69) is 57.9 Å². The van der Waals surface area contributed by atoms with Crippen molar-refractivity contribution in [3.8, 4) is 0 Å². The van der Waals surface area contributed by atoms with Crippen LogP contribution < -0.4 is 5.32 Å². The Kier molecular flexibility index (Phi) is 4.56. The predicted molar refractivity (Wildman–Crippen MR) is 75.6 cm³/mol. The number of hydrogen-bond acceptors (Lipinski definition) is 1. The van der Waals surface area contributed by atoms with E-state index in [1.165, 1.54) is 12.1 Å². The lowest BCUT2D eigenvalue weighted by Crippen LogP contribution is -2.26. The molecule has 0 amide bonds. The summed E-state index contributed by atoms with van der Waals surface area (Å²) in [5.41, 5.74) is 1.66. The molecule has 0 saturated carbocycles. The van der Waals surface area contributed by atoms with Gasteiger partial charge in [-0.3, -0.25) is 0 Å². The maximum Gasteiger partial charge on any atom is 0.123 e. The molecule has 4 heteroatoms. The van der Waals surface area contributed by atoms with Gasteiger partial charge in [0.15, 0.2) is 0 Å². The second kappa shape index (κ2) is 5.32. The van der Waals surface area contributed by atoms with E-state index in [-0.39, 0.29) is 11.4 Å². The molecule has 1 aromatic carbocycles. The first-order chi connectivity index (χ1) is 7.28. The van der Waals surface area contributed by atoms with Crippen molar-refractivity contribution in [2.45, 2.75) is 26.3 Å². The summed E-state index contributed by atoms with van der Waals surface area (Å²) in [6, 6.07) is 4.69. The molecule has 0 aliphatic heterocycles. The fraction of sp³-hybridized carbons (Fsp3) is 0.333. The molecule has 0 radical (unpaired) electrons. The molecule has 0 aliphatic carbocycles. The molecule has 88 valence electrons. The minimum absolute atomic E-state index is 0.0563. The van der Waals surface area contributed by atoms with Gasteiger partial charge in [0.25, 0.3) is 0 Å². The zero-order chi connectivity index (χ0) is 12.3. The monoisotopic (exact) mass is 349 g/mol. The molecule has 0 atom stereocenters. The highest BCUT2D eigenvalue weighted by Crippen LogP contribution is 2.26. The molecule has 1 aromatic rings. The summed E-state index contributed by atoms with van der Waals surface area (Å²) in [5, 5.41) is 3.33. The third-order valence-electron chi connectivity index (χ3n) is 1.79. The summed E-state index contributed by atoms with van der Waals surface area (Å²) in [5.74, 6) is -0.244. The predicted octanol–water partition coefficient (Wildman–Crippen LogP) is 5.12. The lowest BCUT2D eigenvalue weighted by molar-refractivity contribution is 0.622. The standard InChI is InChI=1S/C12H14Br2FN/c1-12(2,3)16-10-5-4-9(15)6-8(10)7-11(13)14/h4-7,16H,1-3H3. The van der Waals surface area contributed by atoms with E-state index < -0.39 is 0 Å². The summed E-state index contributed by atoms with van der Waals surface area (Å²) >= 11 is 6.55. The summed E-state index contributed by atoms with van der Waals surface area (Å²) < 4.78 is 13.9. The van der Waals surface area contributed by atoms with Gasteiger partial charge in [-0.15, -0.1) is 0 Å². The number of benzene rings is 1. The van der Waals surface area contributed by atoms with Crippen molar-refractivity contribution in [3.63, 3.8) is 0 Å². The number of halogens is 3. The highest BCUT2D eigenvalue weighted by molar-refractivity contribution is 9.28. The molecule has 16 heavy (non-hydrogen) atoms. The lowest BCUT2D eigenvalue weighted by Gasteiger charge is -2.23. The van der Waals surface area contributed by atoms with Gasteiger partial charge < -0.3 is 5.32 Å². The minimum Gasteiger partial charge on any atom is -0.380 e. The molecule has 0 saturated heterocycles. The van der Waals surface area contributed by atoms with Gasteiger partial charge in [0.1, 0.15) is 5.82 Å². The molecule has 0 spiro atoms. The highest BCUT2D eigenvalue weighted by Gasteiger charge is 2.11. The normalized spacial score (nSPS) is 11.1. The fourth-order valence-electron chi connectivity index (χ4n) is 1.29. The number of anilines is 1. The van der Waals surface area contributed by atoms with E-state index in [0.717, 1.165) is 14.6 Å². The lowest BCUT2D eigenvalue weighted by atomic mass is 10.1. The van der Waals surface area contributed by atoms with Crippen molar-refractivity contribution in [2.75, 3.05) is 5.32 Å². The highest BCUT2D eigenvalue weighted by atomic mass is 79.9. The van der Waals surface area contributed by atoms with Crippen LogP contribution in [0.1, 0.15) is 26.3 Å². The molecule has 0 aromatic heterocycles. The van der Waals surface area contributed by atoms with Crippen molar-refractivity contribution in [1.29, 1.82) is 0 Å². The van der Waals surface area contributed by atoms with Crippen LogP contribution in [0.15, 0.2) is 21.6 Å². The van der Waals surface area contributed by atoms with Crippen LogP contribution in [0.2, 0.25) is 0 Å². The Labute approximate surface area is 112 Å². The van der Waals surface area contributed by atoms with Gasteiger partial charge >= 0.3 is 0 Å². The van der Waals surface area contributed by atoms with E-state index in [1.54, 1.807) is 6.07 Å². The van der Waals surface area contributed by atoms with Crippen LogP contribution in [0.25, 0.3) is 6.08 Å². The summed E-state index contributed by atoms with van der Waals surface area (Å²) in [7, 11) is 0. The van der Waals surface area contributed by atoms with Gasteiger partial charge in [0, 0.05) is 16.8 Å². The van der Waals surface area contributed by atoms with Crippen LogP contribution in [0.4, 0.5) is 10.1 Å². The fourth-order valence-corrected chi connectivity index (χ4v) is 1.78. The van der Waals surface area contributed by atoms with Crippen molar-refractivity contribution in [3.05, 3.63) is 33.0 Å². The van der Waals surface area contributed by atoms with E-state index in [9.17, 15) is 4.39 Å². The maximum absolute atomic E-state index is 13.1. The Morgan fingerprint density at radius 2 is 1.94 bits per heavy atom. The first kappa shape index (κ1) is 13.7. The smallest absolute Gasteiger partial charge is 0.123 e. The zero-order valence-corrected chi connectivity index (χ0v) is 12.6. The summed E-state index contributed by atoms with van der Waals surface area (Å²) in [6.45, 7) is 6.19. The van der Waals surface area contributed by atoms with E-state index in [1.807, 2.05) is 6.08 Å². The van der Waals surface area contributed by atoms with Crippen molar-refractivity contribution in [1.82, 2.24) is 0 Å². The zero-order valence-electron chi connectivity index (χ0n) is 9.44. The van der Waals surface area contributed by atoms with Gasteiger partial charge in [0.2, 0.25) is 0 Å². The largest absolute Gasteiger partial charge is 0.380 e. The Hall–Kier alpha value is -0.350. The molecule has 1 N–H and O–H groups in total. The average Bonchev–Trinajstić information content (AvgIpc) is 2.06. The molecule has 1 rings (SSSR count). The van der Waals surface area contributed by atoms with Crippen molar-refractivity contribution >= 4 is 43.6 Å². The first-order valence-electron chi connectivity index (χ1n) is 4.88. The number of hydrogen-bond donors (Lipinski definition) is 1. The molecular formula is C12H14Br2FN. The molecule has 0 fully saturated rings. The number of nitrogens with one attached hydrogen (secondary N) is 1. The molecule has 0 bridgehead atoms. The van der Waals surface area contributed by atoms with Crippen LogP contribution in [0.5, 0.6) is 0 Å². The molecule has 0 unspecified atom stereocenters. The van der Waals surface area contributed by atoms with Crippen molar-refractivity contribution in [2.24, 2.45) is 0 Å². The quantitative estimate of drug-likeness (QED) is 0.780. The molecular weight excluding hydrogens is 337 g/mol. The summed E-state index contributed by atoms with van der Waals surface area (Å²) in [6.07, 6.45) is 1.82. The molecule has 1 nitrogen and oxygen atoms in total. The third kappa shape index (κ3) is 4.66. The SMILES string of the molecule is CC(C)(C)Nc1ccc(F)cc1C=C(Br)Br. The molecule has 0 aliphatic rings. The Morgan fingerprint density at radius 3 is 2.44 bits per heavy atom. The molecule has 0 heterocycles. The van der Waals surface area contributed by atoms with Crippen LogP contribution in [0, 0.1) is 5.82 Å². The first-order valence-corrected chi connectivity index (χ1v) is 6.47. The topological polar surface area (TPSA) is 12.0 Å². The Morgan fingerprint density at radius 1 is 1.31 bits per heavy atom. The van der Waals surface area contributed by atoms with E-state index in [4.69, 9.17) is 0 Å². The Bertz CT molecular complexity index is 404. The van der Waals surface area contributed by atoms with E-state index >= 15 is 0 Å². The number of rotatable bonds is 2. The van der Waals surface area contributed by atoms with Gasteiger partial charge in [-0.2, -0.15) is 0 Å². The second-order valence-corrected chi connectivity index (χ2v) is 7.31. The van der Waals surface area contributed by atoms with Crippen LogP contribution in [0.3, 0.4) is 0 Å².